The first-order valence-corrected chi connectivity index (χ1v) is 10.3. The van der Waals surface area contributed by atoms with E-state index in [1.807, 2.05) is 30.3 Å². The Kier molecular flexibility index (Phi) is 11.7. The van der Waals surface area contributed by atoms with Gasteiger partial charge in [0.25, 0.3) is 0 Å². The van der Waals surface area contributed by atoms with Crippen LogP contribution in [0.5, 0.6) is 0 Å². The molecule has 0 radical (unpaired) electrons. The fourth-order valence-electron chi connectivity index (χ4n) is 2.64. The van der Waals surface area contributed by atoms with E-state index < -0.39 is 48.3 Å². The molecule has 0 heterocycles. The average Bonchev–Trinajstić information content (AvgIpc) is 2.73. The van der Waals surface area contributed by atoms with Gasteiger partial charge in [-0.15, -0.1) is 0 Å². The summed E-state index contributed by atoms with van der Waals surface area (Å²) >= 11 is 3.95. The van der Waals surface area contributed by atoms with Gasteiger partial charge in [0.2, 0.25) is 17.7 Å². The standard InChI is InChI=1S/C20H27N3O7S/c24-16(8-4-7-13-5-2-1-3-6-13)22-14(20(29)30)9-10-17(25)23-15(12-31)19(28)21-11-18(26)27/h1-3,5-6,14-15,31H,4,7-12H2,(H,21,28)(H,22,24)(H,23,25)(H,26,27)(H,29,30)/t14-,15-/m0/s1. The zero-order valence-electron chi connectivity index (χ0n) is 16.9. The Morgan fingerprint density at radius 3 is 2.10 bits per heavy atom. The fourth-order valence-corrected chi connectivity index (χ4v) is 2.90. The summed E-state index contributed by atoms with van der Waals surface area (Å²) < 4.78 is 0. The van der Waals surface area contributed by atoms with E-state index in [1.54, 1.807) is 0 Å². The molecular formula is C20H27N3O7S. The van der Waals surface area contributed by atoms with Crippen LogP contribution in [0.25, 0.3) is 0 Å². The summed E-state index contributed by atoms with van der Waals surface area (Å²) in [6.07, 6.45) is 0.969. The summed E-state index contributed by atoms with van der Waals surface area (Å²) in [5, 5.41) is 24.8. The van der Waals surface area contributed by atoms with Crippen molar-refractivity contribution in [2.75, 3.05) is 12.3 Å². The minimum atomic E-state index is -1.27. The molecule has 0 fully saturated rings. The van der Waals surface area contributed by atoms with Gasteiger partial charge in [-0.05, 0) is 24.8 Å². The molecule has 2 atom stereocenters. The van der Waals surface area contributed by atoms with Crippen molar-refractivity contribution in [3.8, 4) is 0 Å². The number of rotatable bonds is 14. The zero-order chi connectivity index (χ0) is 23.2. The van der Waals surface area contributed by atoms with Crippen LogP contribution in [0.15, 0.2) is 30.3 Å². The third kappa shape index (κ3) is 11.0. The van der Waals surface area contributed by atoms with Crippen LogP contribution in [0.2, 0.25) is 0 Å². The molecule has 5 N–H and O–H groups in total. The zero-order valence-corrected chi connectivity index (χ0v) is 17.8. The lowest BCUT2D eigenvalue weighted by Gasteiger charge is -2.17. The number of carbonyl (C=O) groups excluding carboxylic acids is 3. The second kappa shape index (κ2) is 14.0. The summed E-state index contributed by atoms with van der Waals surface area (Å²) in [5.74, 6) is -4.33. The van der Waals surface area contributed by atoms with E-state index in [0.29, 0.717) is 12.8 Å². The van der Waals surface area contributed by atoms with Gasteiger partial charge in [-0.25, -0.2) is 4.79 Å². The third-order valence-corrected chi connectivity index (χ3v) is 4.62. The molecule has 3 amide bonds. The minimum Gasteiger partial charge on any atom is -0.480 e. The Morgan fingerprint density at radius 2 is 1.52 bits per heavy atom. The van der Waals surface area contributed by atoms with Crippen molar-refractivity contribution in [2.45, 2.75) is 44.2 Å². The minimum absolute atomic E-state index is 0.0717. The van der Waals surface area contributed by atoms with Gasteiger partial charge in [0.1, 0.15) is 18.6 Å². The highest BCUT2D eigenvalue weighted by atomic mass is 32.1. The highest BCUT2D eigenvalue weighted by Crippen LogP contribution is 2.06. The number of carboxylic acids is 2. The predicted octanol–water partition coefficient (Wildman–Crippen LogP) is -0.0257. The Balaban J connectivity index is 2.42. The van der Waals surface area contributed by atoms with Gasteiger partial charge in [-0.2, -0.15) is 12.6 Å². The molecule has 0 bridgehead atoms. The SMILES string of the molecule is O=C(O)CNC(=O)[C@H](CS)NC(=O)CC[C@H](NC(=O)CCCc1ccccc1)C(=O)O. The quantitative estimate of drug-likeness (QED) is 0.216. The van der Waals surface area contributed by atoms with E-state index in [2.05, 4.69) is 28.6 Å². The molecule has 1 aromatic rings. The molecule has 0 saturated heterocycles. The summed E-state index contributed by atoms with van der Waals surface area (Å²) in [6, 6.07) is 7.26. The molecule has 0 aliphatic rings. The van der Waals surface area contributed by atoms with E-state index in [1.165, 1.54) is 0 Å². The maximum Gasteiger partial charge on any atom is 0.326 e. The highest BCUT2D eigenvalue weighted by Gasteiger charge is 2.23. The number of aryl methyl sites for hydroxylation is 1. The van der Waals surface area contributed by atoms with Gasteiger partial charge in [-0.3, -0.25) is 19.2 Å². The van der Waals surface area contributed by atoms with Crippen LogP contribution in [0, 0.1) is 0 Å². The van der Waals surface area contributed by atoms with Gasteiger partial charge in [0.15, 0.2) is 0 Å². The van der Waals surface area contributed by atoms with Crippen LogP contribution >= 0.6 is 12.6 Å². The average molecular weight is 454 g/mol. The Labute approximate surface area is 185 Å². The summed E-state index contributed by atoms with van der Waals surface area (Å²) in [5.41, 5.74) is 1.08. The first-order chi connectivity index (χ1) is 14.7. The summed E-state index contributed by atoms with van der Waals surface area (Å²) in [6.45, 7) is -0.601. The molecule has 0 aliphatic heterocycles. The highest BCUT2D eigenvalue weighted by molar-refractivity contribution is 7.80. The molecule has 0 unspecified atom stereocenters. The largest absolute Gasteiger partial charge is 0.480 e. The number of carboxylic acid groups (broad SMARTS) is 2. The molecule has 11 heteroatoms. The molecule has 1 rings (SSSR count). The van der Waals surface area contributed by atoms with Gasteiger partial charge < -0.3 is 26.2 Å². The molecule has 0 spiro atoms. The maximum atomic E-state index is 12.0. The molecule has 31 heavy (non-hydrogen) atoms. The lowest BCUT2D eigenvalue weighted by atomic mass is 10.1. The normalized spacial score (nSPS) is 12.3. The van der Waals surface area contributed by atoms with Crippen LogP contribution in [-0.4, -0.2) is 64.3 Å². The molecule has 0 saturated carbocycles. The number of amides is 3. The Hall–Kier alpha value is -3.08. The van der Waals surface area contributed by atoms with E-state index >= 15 is 0 Å². The fraction of sp³-hybridized carbons (Fsp3) is 0.450. The van der Waals surface area contributed by atoms with E-state index in [-0.39, 0.29) is 25.0 Å². The number of nitrogens with one attached hydrogen (secondary N) is 3. The smallest absolute Gasteiger partial charge is 0.326 e. The Morgan fingerprint density at radius 1 is 0.903 bits per heavy atom. The number of thiol groups is 1. The van der Waals surface area contributed by atoms with Crippen molar-refractivity contribution >= 4 is 42.3 Å². The second-order valence-corrected chi connectivity index (χ2v) is 7.12. The molecule has 10 nitrogen and oxygen atoms in total. The van der Waals surface area contributed by atoms with Crippen LogP contribution in [-0.2, 0) is 30.4 Å². The predicted molar refractivity (Wildman–Crippen MR) is 115 cm³/mol. The van der Waals surface area contributed by atoms with E-state index in [4.69, 9.17) is 5.11 Å². The van der Waals surface area contributed by atoms with Gasteiger partial charge in [-0.1, -0.05) is 30.3 Å². The van der Waals surface area contributed by atoms with Crippen LogP contribution in [0.1, 0.15) is 31.2 Å². The molecule has 1 aromatic carbocycles. The third-order valence-electron chi connectivity index (χ3n) is 4.25. The second-order valence-electron chi connectivity index (χ2n) is 6.75. The maximum absolute atomic E-state index is 12.0. The number of hydrogen-bond acceptors (Lipinski definition) is 6. The van der Waals surface area contributed by atoms with Gasteiger partial charge in [0.05, 0.1) is 0 Å². The van der Waals surface area contributed by atoms with E-state index in [0.717, 1.165) is 5.56 Å². The molecule has 170 valence electrons. The van der Waals surface area contributed by atoms with Crippen molar-refractivity contribution in [3.05, 3.63) is 35.9 Å². The number of carbonyl (C=O) groups is 5. The van der Waals surface area contributed by atoms with Crippen LogP contribution in [0.3, 0.4) is 0 Å². The molecule has 0 aromatic heterocycles. The lowest BCUT2D eigenvalue weighted by molar-refractivity contribution is -0.142. The summed E-state index contributed by atoms with van der Waals surface area (Å²) in [7, 11) is 0. The van der Waals surface area contributed by atoms with Crippen molar-refractivity contribution in [3.63, 3.8) is 0 Å². The monoisotopic (exact) mass is 453 g/mol. The van der Waals surface area contributed by atoms with Crippen LogP contribution in [0.4, 0.5) is 0 Å². The first kappa shape index (κ1) is 26.0. The van der Waals surface area contributed by atoms with Crippen molar-refractivity contribution in [2.24, 2.45) is 0 Å². The summed E-state index contributed by atoms with van der Waals surface area (Å²) in [4.78, 5) is 57.8. The Bertz CT molecular complexity index is 773. The van der Waals surface area contributed by atoms with Crippen molar-refractivity contribution < 1.29 is 34.2 Å². The lowest BCUT2D eigenvalue weighted by Crippen LogP contribution is -2.49. The first-order valence-electron chi connectivity index (χ1n) is 9.68. The number of aliphatic carboxylic acids is 2. The topological polar surface area (TPSA) is 162 Å². The van der Waals surface area contributed by atoms with Gasteiger partial charge in [0, 0.05) is 18.6 Å². The number of benzene rings is 1. The van der Waals surface area contributed by atoms with E-state index in [9.17, 15) is 29.1 Å². The molecule has 0 aliphatic carbocycles. The van der Waals surface area contributed by atoms with Gasteiger partial charge >= 0.3 is 11.9 Å². The van der Waals surface area contributed by atoms with Crippen molar-refractivity contribution in [1.82, 2.24) is 16.0 Å². The van der Waals surface area contributed by atoms with Crippen LogP contribution < -0.4 is 16.0 Å². The molecular weight excluding hydrogens is 426 g/mol. The van der Waals surface area contributed by atoms with Crippen molar-refractivity contribution in [1.29, 1.82) is 0 Å². The number of hydrogen-bond donors (Lipinski definition) is 6.